The van der Waals surface area contributed by atoms with Crippen molar-refractivity contribution in [1.82, 2.24) is 0 Å². The van der Waals surface area contributed by atoms with Gasteiger partial charge in [-0.3, -0.25) is 0 Å². The van der Waals surface area contributed by atoms with E-state index in [0.717, 1.165) is 0 Å². The van der Waals surface area contributed by atoms with E-state index in [1.165, 1.54) is 0 Å². The second-order valence-electron chi connectivity index (χ2n) is 1.75. The molecule has 0 aliphatic carbocycles. The Morgan fingerprint density at radius 2 is 0.278 bits per heavy atom. The first kappa shape index (κ1) is 100. The second-order valence-corrected chi connectivity index (χ2v) is 1.75. The molecular weight excluding hydrogens is 710 g/mol. The minimum Gasteiger partial charge on any atom is -0.652 e. The van der Waals surface area contributed by atoms with Crippen LogP contribution in [0.3, 0.4) is 0 Å². The van der Waals surface area contributed by atoms with Crippen LogP contribution < -0.4 is 109 Å². The summed E-state index contributed by atoms with van der Waals surface area (Å²) in [6.07, 6.45) is -16.3. The van der Waals surface area contributed by atoms with Crippen LogP contribution in [-0.2, 0) is 67.1 Å². The molecule has 0 bridgehead atoms. The molecule has 0 atom stereocenters. The molecule has 36 heavy (non-hydrogen) atoms. The maximum Gasteiger partial charge on any atom is 2.00 e. The number of carbonyl (C=O) groups is 7. The molecule has 0 aliphatic rings. The molecule has 0 fully saturated rings. The van der Waals surface area contributed by atoms with E-state index >= 15 is 0 Å². The van der Waals surface area contributed by atoms with Gasteiger partial charge in [0.2, 0.25) is 0 Å². The number of hydrogen-bond acceptors (Lipinski definition) is 21. The van der Waals surface area contributed by atoms with Crippen molar-refractivity contribution >= 4 is 89.2 Å². The van der Waals surface area contributed by atoms with Crippen molar-refractivity contribution < 1.29 is 210 Å². The third kappa shape index (κ3) is 282000. The average Bonchev–Trinajstić information content (AvgIpc) is 2.20. The van der Waals surface area contributed by atoms with E-state index in [4.69, 9.17) is 105 Å². The van der Waals surface area contributed by atoms with Gasteiger partial charge in [0.15, 0.2) is 0 Å². The van der Waals surface area contributed by atoms with Crippen LogP contribution >= 0.6 is 0 Å². The van der Waals surface area contributed by atoms with Gasteiger partial charge >= 0.3 is 151 Å². The Morgan fingerprint density at radius 1 is 0.278 bits per heavy atom. The fourth-order valence-corrected chi connectivity index (χ4v) is 0. The van der Waals surface area contributed by atoms with Crippen LogP contribution in [0.25, 0.3) is 0 Å². The topological polar surface area (TPSA) is 442 Å². The van der Waals surface area contributed by atoms with Crippen molar-refractivity contribution in [3.63, 3.8) is 0 Å². The van der Waals surface area contributed by atoms with E-state index in [-0.39, 0.29) is 151 Å². The van der Waals surface area contributed by atoms with Gasteiger partial charge in [0, 0.05) is 0 Å². The summed E-state index contributed by atoms with van der Waals surface area (Å²) >= 11 is 0. The fraction of sp³-hybridized carbons (Fsp3) is 0. The molecule has 0 spiro atoms. The second kappa shape index (κ2) is 92.0. The Labute approximate surface area is 296 Å². The van der Waals surface area contributed by atoms with Gasteiger partial charge in [0.05, 0.1) is 0 Å². The van der Waals surface area contributed by atoms with E-state index < -0.39 is 43.1 Å². The molecule has 194 valence electrons. The van der Waals surface area contributed by atoms with Crippen LogP contribution in [0.1, 0.15) is 0 Å². The smallest absolute Gasteiger partial charge is 0.652 e. The maximum absolute atomic E-state index is 8.33. The number of carboxylic acid groups (broad SMARTS) is 14. The van der Waals surface area contributed by atoms with E-state index in [1.54, 1.807) is 0 Å². The van der Waals surface area contributed by atoms with Crippen molar-refractivity contribution in [1.29, 1.82) is 0 Å². The van der Waals surface area contributed by atoms with Gasteiger partial charge in [-0.2, -0.15) is 0 Å². The first-order valence-corrected chi connectivity index (χ1v) is 4.29. The maximum atomic E-state index is 8.33. The predicted molar refractivity (Wildman–Crippen MR) is 49.3 cm³/mol. The van der Waals surface area contributed by atoms with Gasteiger partial charge < -0.3 is 105 Å². The number of rotatable bonds is 0. The summed E-state index contributed by atoms with van der Waals surface area (Å²) in [5, 5.41) is 117. The van der Waals surface area contributed by atoms with Crippen molar-refractivity contribution in [3.8, 4) is 0 Å². The van der Waals surface area contributed by atoms with Crippen molar-refractivity contribution in [3.05, 3.63) is 0 Å². The molecule has 0 aromatic rings. The summed E-state index contributed by atoms with van der Waals surface area (Å²) in [5.74, 6) is 0. The Bertz CT molecular complexity index is 345. The summed E-state index contributed by atoms with van der Waals surface area (Å²) in [7, 11) is 0. The molecule has 0 amide bonds. The molecule has 0 aromatic carbocycles. The van der Waals surface area contributed by atoms with Crippen LogP contribution in [0, 0.1) is 0 Å². The predicted octanol–water partition coefficient (Wildman–Crippen LogP) is -23.9. The van der Waals surface area contributed by atoms with Crippen LogP contribution in [0.5, 0.6) is 0 Å². The first-order chi connectivity index (χ1) is 12.1. The molecule has 0 N–H and O–H groups in total. The Balaban J connectivity index is -0.0000000106. The number of hydrogen-bond donors (Lipinski definition) is 0. The molecule has 0 unspecified atom stereocenters. The Morgan fingerprint density at radius 3 is 0.278 bits per heavy atom. The van der Waals surface area contributed by atoms with Crippen molar-refractivity contribution in [2.75, 3.05) is 0 Å². The van der Waals surface area contributed by atoms with Gasteiger partial charge in [0.25, 0.3) is 0 Å². The minimum atomic E-state index is -2.33. The zero-order chi connectivity index (χ0) is 25.0. The Hall–Kier alpha value is -0.357. The third-order valence-corrected chi connectivity index (χ3v) is 0. The zero-order valence-electron chi connectivity index (χ0n) is 16.9. The van der Waals surface area contributed by atoms with Crippen LogP contribution in [0.2, 0.25) is 0 Å². The molecule has 0 aliphatic heterocycles. The SMILES string of the molecule is O=C([O-])[O-].O=C([O-])[O-].O=C([O-])[O-].O=C([O-])[O-].O=C([O-])[O-].O=C([O-])[O-].O=C([O-])[O-].[Li+].[Li+].[Mg+2].[Mg+2].[Mn+2].[Mn+2].[Ni+2].[Ni+2]. The monoisotopic (exact) mass is 708 g/mol. The largest absolute Gasteiger partial charge is 2.00 e. The average molecular weight is 710 g/mol. The zero-order valence-corrected chi connectivity index (χ0v) is 24.0. The summed E-state index contributed by atoms with van der Waals surface area (Å²) in [6, 6.07) is 0. The van der Waals surface area contributed by atoms with Crippen molar-refractivity contribution in [2.45, 2.75) is 0 Å². The van der Waals surface area contributed by atoms with Gasteiger partial charge in [-0.15, -0.1) is 0 Å². The van der Waals surface area contributed by atoms with Gasteiger partial charge in [0.1, 0.15) is 0 Å². The van der Waals surface area contributed by atoms with Crippen LogP contribution in [0.4, 0.5) is 33.6 Å². The summed E-state index contributed by atoms with van der Waals surface area (Å²) in [4.78, 5) is 58.3. The number of carbonyl (C=O) groups excluding carboxylic acids is 7. The molecule has 0 heterocycles. The van der Waals surface area contributed by atoms with Gasteiger partial charge in [-0.25, -0.2) is 0 Å². The summed E-state index contributed by atoms with van der Waals surface area (Å²) in [5.41, 5.74) is 0. The van der Waals surface area contributed by atoms with Crippen molar-refractivity contribution in [2.24, 2.45) is 0 Å². The summed E-state index contributed by atoms with van der Waals surface area (Å²) < 4.78 is 0. The molecule has 0 aromatic heterocycles. The molecule has 21 nitrogen and oxygen atoms in total. The standard InChI is InChI=1S/7CH2O3.2Li.2Mg.2Mn.2Ni/c7*2-1(3)4;;;;;;;;/h7*(H2,2,3,4);;;;;;;;/q;;;;;;;2*+1;6*+2/p-14. The molecule has 0 rings (SSSR count). The molecular formula is C7Li2Mg2Mn2Ni2O21. The third-order valence-electron chi connectivity index (χ3n) is 0. The molecule has 0 saturated heterocycles. The summed E-state index contributed by atoms with van der Waals surface area (Å²) in [6.45, 7) is 0. The molecule has 29 heteroatoms. The molecule has 0 saturated carbocycles. The fourth-order valence-electron chi connectivity index (χ4n) is 0. The normalized spacial score (nSPS) is 4.67. The van der Waals surface area contributed by atoms with Gasteiger partial charge in [-0.1, -0.05) is 0 Å². The Kier molecular flexibility index (Phi) is 257. The quantitative estimate of drug-likeness (QED) is 0.211. The van der Waals surface area contributed by atoms with E-state index in [0.29, 0.717) is 0 Å². The van der Waals surface area contributed by atoms with E-state index in [1.807, 2.05) is 0 Å². The molecule has 2 radical (unpaired) electrons. The minimum absolute atomic E-state index is 0. The first-order valence-electron chi connectivity index (χ1n) is 4.29. The van der Waals surface area contributed by atoms with Crippen LogP contribution in [0.15, 0.2) is 0 Å². The van der Waals surface area contributed by atoms with E-state index in [9.17, 15) is 0 Å². The van der Waals surface area contributed by atoms with Gasteiger partial charge in [-0.05, 0) is 43.1 Å². The van der Waals surface area contributed by atoms with E-state index in [2.05, 4.69) is 0 Å². The van der Waals surface area contributed by atoms with Crippen LogP contribution in [-0.4, -0.2) is 89.2 Å².